The summed E-state index contributed by atoms with van der Waals surface area (Å²) in [6.07, 6.45) is 0.0984. The lowest BCUT2D eigenvalue weighted by Gasteiger charge is -2.08. The molecule has 4 aromatic rings. The van der Waals surface area contributed by atoms with Gasteiger partial charge < -0.3 is 10.5 Å². The second-order valence-corrected chi connectivity index (χ2v) is 7.17. The molecule has 0 bridgehead atoms. The Morgan fingerprint density at radius 2 is 1.57 bits per heavy atom. The number of para-hydroxylation sites is 1. The maximum absolute atomic E-state index is 13.2. The van der Waals surface area contributed by atoms with Crippen LogP contribution in [0.3, 0.4) is 0 Å². The molecule has 150 valence electrons. The second-order valence-electron chi connectivity index (χ2n) is 7.17. The highest BCUT2D eigenvalue weighted by Gasteiger charge is 2.21. The predicted octanol–water partition coefficient (Wildman–Crippen LogP) is 4.51. The lowest BCUT2D eigenvalue weighted by molar-refractivity contribution is -0.144. The van der Waals surface area contributed by atoms with Crippen LogP contribution in [0.5, 0.6) is 0 Å². The number of carbonyl (C=O) groups is 2. The molecule has 0 saturated carbocycles. The molecule has 0 fully saturated rings. The van der Waals surface area contributed by atoms with Crippen molar-refractivity contribution in [1.82, 2.24) is 4.57 Å². The number of esters is 1. The summed E-state index contributed by atoms with van der Waals surface area (Å²) in [5, 5.41) is 0.871. The molecule has 5 heteroatoms. The van der Waals surface area contributed by atoms with Crippen LogP contribution in [0.25, 0.3) is 10.9 Å². The number of fused-ring (bicyclic) bond motifs is 1. The number of ether oxygens (including phenoxy) is 1. The van der Waals surface area contributed by atoms with Crippen molar-refractivity contribution in [2.45, 2.75) is 20.0 Å². The van der Waals surface area contributed by atoms with Crippen LogP contribution in [-0.2, 0) is 22.6 Å². The molecule has 5 nitrogen and oxygen atoms in total. The Kier molecular flexibility index (Phi) is 5.35. The molecule has 0 radical (unpaired) electrons. The van der Waals surface area contributed by atoms with E-state index in [9.17, 15) is 9.59 Å². The zero-order chi connectivity index (χ0) is 21.1. The van der Waals surface area contributed by atoms with Gasteiger partial charge in [-0.05, 0) is 48.4 Å². The molecule has 2 N–H and O–H groups in total. The maximum Gasteiger partial charge on any atom is 0.310 e. The first kappa shape index (κ1) is 19.5. The van der Waals surface area contributed by atoms with E-state index >= 15 is 0 Å². The van der Waals surface area contributed by atoms with Gasteiger partial charge >= 0.3 is 5.97 Å². The first-order valence-electron chi connectivity index (χ1n) is 9.73. The molecule has 3 aromatic carbocycles. The van der Waals surface area contributed by atoms with Gasteiger partial charge in [0, 0.05) is 22.3 Å². The number of nitrogens with two attached hydrogens (primary N) is 1. The van der Waals surface area contributed by atoms with Crippen molar-refractivity contribution in [1.29, 1.82) is 0 Å². The van der Waals surface area contributed by atoms with Gasteiger partial charge in [-0.15, -0.1) is 0 Å². The summed E-state index contributed by atoms with van der Waals surface area (Å²) in [6.45, 7) is 2.08. The molecule has 0 unspecified atom stereocenters. The molecule has 1 aromatic heterocycles. The van der Waals surface area contributed by atoms with E-state index in [4.69, 9.17) is 10.5 Å². The molecule has 0 aliphatic rings. The minimum absolute atomic E-state index is 0.0984. The molecular formula is C25H22N2O3. The number of hydrogen-bond donors (Lipinski definition) is 1. The zero-order valence-corrected chi connectivity index (χ0v) is 16.7. The number of rotatable bonds is 5. The SMILES string of the molecule is Cc1c(CC(=O)OCc2ccccc2)c2ccccc2n1C(=O)c1ccc(N)cc1. The van der Waals surface area contributed by atoms with E-state index in [0.717, 1.165) is 27.7 Å². The molecule has 30 heavy (non-hydrogen) atoms. The summed E-state index contributed by atoms with van der Waals surface area (Å²) in [5.74, 6) is -0.489. The third-order valence-electron chi connectivity index (χ3n) is 5.17. The molecule has 0 aliphatic carbocycles. The number of nitrogen functional groups attached to an aromatic ring is 1. The van der Waals surface area contributed by atoms with E-state index in [-0.39, 0.29) is 24.9 Å². The van der Waals surface area contributed by atoms with Crippen molar-refractivity contribution >= 4 is 28.5 Å². The Balaban J connectivity index is 1.64. The number of aromatic nitrogens is 1. The first-order chi connectivity index (χ1) is 14.5. The molecule has 0 atom stereocenters. The molecule has 4 rings (SSSR count). The number of nitrogens with zero attached hydrogens (tertiary/aromatic N) is 1. The fourth-order valence-corrected chi connectivity index (χ4v) is 3.61. The van der Waals surface area contributed by atoms with Gasteiger partial charge in [-0.2, -0.15) is 0 Å². The fourth-order valence-electron chi connectivity index (χ4n) is 3.61. The van der Waals surface area contributed by atoms with Crippen LogP contribution < -0.4 is 5.73 Å². The van der Waals surface area contributed by atoms with E-state index in [0.29, 0.717) is 11.3 Å². The van der Waals surface area contributed by atoms with Gasteiger partial charge in [0.1, 0.15) is 6.61 Å². The van der Waals surface area contributed by atoms with Crippen molar-refractivity contribution < 1.29 is 14.3 Å². The van der Waals surface area contributed by atoms with E-state index in [2.05, 4.69) is 0 Å². The highest BCUT2D eigenvalue weighted by atomic mass is 16.5. The van der Waals surface area contributed by atoms with Crippen molar-refractivity contribution in [3.63, 3.8) is 0 Å². The summed E-state index contributed by atoms with van der Waals surface area (Å²) < 4.78 is 7.11. The Hall–Kier alpha value is -3.86. The normalized spacial score (nSPS) is 10.8. The van der Waals surface area contributed by atoms with E-state index in [1.807, 2.05) is 61.5 Å². The molecule has 0 amide bonds. The van der Waals surface area contributed by atoms with Gasteiger partial charge in [-0.3, -0.25) is 14.2 Å². The molecular weight excluding hydrogens is 376 g/mol. The summed E-state index contributed by atoms with van der Waals surface area (Å²) in [5.41, 5.74) is 10.1. The Bertz CT molecular complexity index is 1210. The van der Waals surface area contributed by atoms with Gasteiger partial charge in [0.05, 0.1) is 11.9 Å². The van der Waals surface area contributed by atoms with Gasteiger partial charge in [-0.25, -0.2) is 0 Å². The summed E-state index contributed by atoms with van der Waals surface area (Å²) in [7, 11) is 0. The van der Waals surface area contributed by atoms with Crippen molar-refractivity contribution in [3.05, 3.63) is 101 Å². The molecule has 0 spiro atoms. The fraction of sp³-hybridized carbons (Fsp3) is 0.120. The van der Waals surface area contributed by atoms with Crippen molar-refractivity contribution in [3.8, 4) is 0 Å². The quantitative estimate of drug-likeness (QED) is 0.397. The lowest BCUT2D eigenvalue weighted by Crippen LogP contribution is -2.14. The summed E-state index contributed by atoms with van der Waals surface area (Å²) >= 11 is 0. The second kappa shape index (κ2) is 8.25. The third kappa shape index (κ3) is 3.82. The predicted molar refractivity (Wildman–Crippen MR) is 117 cm³/mol. The maximum atomic E-state index is 13.2. The average Bonchev–Trinajstić information content (AvgIpc) is 3.04. The van der Waals surface area contributed by atoms with Gasteiger partial charge in [0.15, 0.2) is 0 Å². The average molecular weight is 398 g/mol. The van der Waals surface area contributed by atoms with Crippen LogP contribution in [0, 0.1) is 6.92 Å². The van der Waals surface area contributed by atoms with Crippen LogP contribution in [0.15, 0.2) is 78.9 Å². The van der Waals surface area contributed by atoms with Crippen LogP contribution in [0.4, 0.5) is 5.69 Å². The largest absolute Gasteiger partial charge is 0.461 e. The van der Waals surface area contributed by atoms with E-state index in [1.165, 1.54) is 0 Å². The number of carbonyl (C=O) groups excluding carboxylic acids is 2. The Labute approximate surface area is 174 Å². The van der Waals surface area contributed by atoms with Gasteiger partial charge in [-0.1, -0.05) is 48.5 Å². The first-order valence-corrected chi connectivity index (χ1v) is 9.73. The standard InChI is InChI=1S/C25H22N2O3/c1-17-22(15-24(28)30-16-18-7-3-2-4-8-18)21-9-5-6-10-23(21)27(17)25(29)19-11-13-20(26)14-12-19/h2-14H,15-16,26H2,1H3. The number of benzene rings is 3. The van der Waals surface area contributed by atoms with Gasteiger partial charge in [0.2, 0.25) is 0 Å². The van der Waals surface area contributed by atoms with Gasteiger partial charge in [0.25, 0.3) is 5.91 Å². The summed E-state index contributed by atoms with van der Waals surface area (Å²) in [6, 6.07) is 24.0. The molecule has 0 saturated heterocycles. The smallest absolute Gasteiger partial charge is 0.310 e. The van der Waals surface area contributed by atoms with E-state index < -0.39 is 0 Å². The van der Waals surface area contributed by atoms with Crippen LogP contribution in [0.2, 0.25) is 0 Å². The topological polar surface area (TPSA) is 74.3 Å². The van der Waals surface area contributed by atoms with Crippen molar-refractivity contribution in [2.75, 3.05) is 5.73 Å². The lowest BCUT2D eigenvalue weighted by atomic mass is 10.1. The highest BCUT2D eigenvalue weighted by Crippen LogP contribution is 2.28. The Morgan fingerprint density at radius 3 is 2.30 bits per heavy atom. The van der Waals surface area contributed by atoms with Crippen molar-refractivity contribution in [2.24, 2.45) is 0 Å². The minimum Gasteiger partial charge on any atom is -0.461 e. The number of anilines is 1. The van der Waals surface area contributed by atoms with Crippen LogP contribution in [-0.4, -0.2) is 16.4 Å². The highest BCUT2D eigenvalue weighted by molar-refractivity contribution is 6.04. The van der Waals surface area contributed by atoms with Crippen LogP contribution >= 0.6 is 0 Å². The number of hydrogen-bond acceptors (Lipinski definition) is 4. The monoisotopic (exact) mass is 398 g/mol. The molecule has 0 aliphatic heterocycles. The minimum atomic E-state index is -0.329. The molecule has 1 heterocycles. The van der Waals surface area contributed by atoms with Crippen LogP contribution in [0.1, 0.15) is 27.2 Å². The third-order valence-corrected chi connectivity index (χ3v) is 5.17. The Morgan fingerprint density at radius 1 is 0.900 bits per heavy atom. The van der Waals surface area contributed by atoms with E-state index in [1.54, 1.807) is 28.8 Å². The summed E-state index contributed by atoms with van der Waals surface area (Å²) in [4.78, 5) is 25.7. The zero-order valence-electron chi connectivity index (χ0n) is 16.7.